The standard InChI is InChI=1S/C13H15BrN2O4/c14-10-3-1-2-9(12(17)18)11(10)16-13(19)15-8-4-6-20-7-5-8/h1-3,8H,4-7H2,(H,17,18)(H2,15,16,19). The number of aromatic carboxylic acids is 1. The molecule has 6 nitrogen and oxygen atoms in total. The number of hydrogen-bond donors (Lipinski definition) is 3. The lowest BCUT2D eigenvalue weighted by molar-refractivity contribution is 0.0698. The third-order valence-electron chi connectivity index (χ3n) is 3.04. The van der Waals surface area contributed by atoms with E-state index in [1.165, 1.54) is 6.07 Å². The van der Waals surface area contributed by atoms with E-state index >= 15 is 0 Å². The molecule has 1 aliphatic rings. The Kier molecular flexibility index (Phi) is 4.97. The molecular formula is C13H15BrN2O4. The van der Waals surface area contributed by atoms with Crippen molar-refractivity contribution in [1.82, 2.24) is 5.32 Å². The third-order valence-corrected chi connectivity index (χ3v) is 3.70. The minimum atomic E-state index is -1.09. The first-order valence-electron chi connectivity index (χ1n) is 6.25. The van der Waals surface area contributed by atoms with Gasteiger partial charge in [-0.1, -0.05) is 6.07 Å². The Hall–Kier alpha value is -1.60. The minimum Gasteiger partial charge on any atom is -0.478 e. The van der Waals surface area contributed by atoms with Crippen LogP contribution in [0.4, 0.5) is 10.5 Å². The van der Waals surface area contributed by atoms with Crippen molar-refractivity contribution in [2.75, 3.05) is 18.5 Å². The highest BCUT2D eigenvalue weighted by Crippen LogP contribution is 2.26. The molecule has 0 unspecified atom stereocenters. The molecule has 1 fully saturated rings. The maximum atomic E-state index is 11.9. The fourth-order valence-corrected chi connectivity index (χ4v) is 2.47. The van der Waals surface area contributed by atoms with E-state index in [1.807, 2.05) is 0 Å². The summed E-state index contributed by atoms with van der Waals surface area (Å²) in [5.41, 5.74) is 0.297. The van der Waals surface area contributed by atoms with Crippen LogP contribution in [0.1, 0.15) is 23.2 Å². The normalized spacial score (nSPS) is 15.7. The molecule has 1 aromatic rings. The molecule has 0 aliphatic carbocycles. The van der Waals surface area contributed by atoms with Gasteiger partial charge in [0.1, 0.15) is 0 Å². The van der Waals surface area contributed by atoms with E-state index in [0.29, 0.717) is 17.7 Å². The summed E-state index contributed by atoms with van der Waals surface area (Å²) in [5, 5.41) is 14.5. The number of carboxylic acids is 1. The lowest BCUT2D eigenvalue weighted by Gasteiger charge is -2.23. The monoisotopic (exact) mass is 342 g/mol. The number of amides is 2. The van der Waals surface area contributed by atoms with Gasteiger partial charge in [0, 0.05) is 23.7 Å². The molecule has 0 aromatic heterocycles. The van der Waals surface area contributed by atoms with Gasteiger partial charge in [-0.25, -0.2) is 9.59 Å². The number of carbonyl (C=O) groups excluding carboxylic acids is 1. The Labute approximate surface area is 124 Å². The van der Waals surface area contributed by atoms with Crippen molar-refractivity contribution < 1.29 is 19.4 Å². The number of urea groups is 1. The van der Waals surface area contributed by atoms with Crippen LogP contribution in [-0.2, 0) is 4.74 Å². The molecule has 0 atom stereocenters. The number of benzene rings is 1. The Morgan fingerprint density at radius 1 is 1.30 bits per heavy atom. The zero-order valence-corrected chi connectivity index (χ0v) is 12.3. The minimum absolute atomic E-state index is 0.0431. The molecule has 3 N–H and O–H groups in total. The van der Waals surface area contributed by atoms with Gasteiger partial charge < -0.3 is 20.5 Å². The average Bonchev–Trinajstić information content (AvgIpc) is 2.42. The van der Waals surface area contributed by atoms with E-state index in [4.69, 9.17) is 9.84 Å². The van der Waals surface area contributed by atoms with Crippen LogP contribution >= 0.6 is 15.9 Å². The summed E-state index contributed by atoms with van der Waals surface area (Å²) >= 11 is 3.24. The molecule has 1 heterocycles. The summed E-state index contributed by atoms with van der Waals surface area (Å²) < 4.78 is 5.74. The maximum absolute atomic E-state index is 11.9. The number of carbonyl (C=O) groups is 2. The smallest absolute Gasteiger partial charge is 0.337 e. The van der Waals surface area contributed by atoms with Crippen molar-refractivity contribution >= 4 is 33.6 Å². The van der Waals surface area contributed by atoms with Crippen LogP contribution in [0.3, 0.4) is 0 Å². The van der Waals surface area contributed by atoms with Crippen molar-refractivity contribution in [3.8, 4) is 0 Å². The van der Waals surface area contributed by atoms with Crippen LogP contribution in [0.25, 0.3) is 0 Å². The molecule has 1 aromatic carbocycles. The highest BCUT2D eigenvalue weighted by molar-refractivity contribution is 9.10. The number of rotatable bonds is 3. The van der Waals surface area contributed by atoms with Crippen LogP contribution in [0, 0.1) is 0 Å². The number of hydrogen-bond acceptors (Lipinski definition) is 3. The predicted molar refractivity (Wildman–Crippen MR) is 77.1 cm³/mol. The molecule has 108 valence electrons. The number of halogens is 1. The van der Waals surface area contributed by atoms with Crippen LogP contribution in [0.15, 0.2) is 22.7 Å². The van der Waals surface area contributed by atoms with Gasteiger partial charge in [0.25, 0.3) is 0 Å². The number of carboxylic acid groups (broad SMARTS) is 1. The van der Waals surface area contributed by atoms with E-state index in [-0.39, 0.29) is 17.3 Å². The van der Waals surface area contributed by atoms with Crippen LogP contribution in [0.2, 0.25) is 0 Å². The summed E-state index contributed by atoms with van der Waals surface area (Å²) in [6.45, 7) is 1.25. The largest absolute Gasteiger partial charge is 0.478 e. The topological polar surface area (TPSA) is 87.7 Å². The molecule has 2 rings (SSSR count). The molecule has 1 aliphatic heterocycles. The molecule has 2 amide bonds. The molecule has 0 bridgehead atoms. The first kappa shape index (κ1) is 14.8. The summed E-state index contributed by atoms with van der Waals surface area (Å²) in [5.74, 6) is -1.09. The number of nitrogens with one attached hydrogen (secondary N) is 2. The van der Waals surface area contributed by atoms with Crippen molar-refractivity contribution in [2.45, 2.75) is 18.9 Å². The highest BCUT2D eigenvalue weighted by atomic mass is 79.9. The fourth-order valence-electron chi connectivity index (χ4n) is 2.01. The van der Waals surface area contributed by atoms with Crippen molar-refractivity contribution in [3.63, 3.8) is 0 Å². The van der Waals surface area contributed by atoms with Gasteiger partial charge in [-0.05, 0) is 40.9 Å². The zero-order chi connectivity index (χ0) is 14.5. The second-order valence-corrected chi connectivity index (χ2v) is 5.31. The summed E-state index contributed by atoms with van der Waals surface area (Å²) in [4.78, 5) is 23.1. The second kappa shape index (κ2) is 6.71. The lowest BCUT2D eigenvalue weighted by Crippen LogP contribution is -2.41. The Morgan fingerprint density at radius 3 is 2.65 bits per heavy atom. The zero-order valence-electron chi connectivity index (χ0n) is 10.7. The molecule has 0 spiro atoms. The Balaban J connectivity index is 2.05. The van der Waals surface area contributed by atoms with E-state index in [2.05, 4.69) is 26.6 Å². The fraction of sp³-hybridized carbons (Fsp3) is 0.385. The SMILES string of the molecule is O=C(Nc1c(Br)cccc1C(=O)O)NC1CCOCC1. The Morgan fingerprint density at radius 2 is 2.00 bits per heavy atom. The van der Waals surface area contributed by atoms with Gasteiger partial charge >= 0.3 is 12.0 Å². The van der Waals surface area contributed by atoms with Gasteiger partial charge in [0.15, 0.2) is 0 Å². The quantitative estimate of drug-likeness (QED) is 0.787. The van der Waals surface area contributed by atoms with E-state index in [9.17, 15) is 9.59 Å². The van der Waals surface area contributed by atoms with Gasteiger partial charge in [0.05, 0.1) is 11.3 Å². The molecule has 1 saturated heterocycles. The van der Waals surface area contributed by atoms with Gasteiger partial charge in [-0.15, -0.1) is 0 Å². The second-order valence-electron chi connectivity index (χ2n) is 4.45. The van der Waals surface area contributed by atoms with Crippen molar-refractivity contribution in [1.29, 1.82) is 0 Å². The van der Waals surface area contributed by atoms with Crippen LogP contribution < -0.4 is 10.6 Å². The summed E-state index contributed by atoms with van der Waals surface area (Å²) in [7, 11) is 0. The first-order chi connectivity index (χ1) is 9.58. The van der Waals surface area contributed by atoms with E-state index in [1.54, 1.807) is 12.1 Å². The summed E-state index contributed by atoms with van der Waals surface area (Å²) in [6.07, 6.45) is 1.52. The third kappa shape index (κ3) is 3.71. The first-order valence-corrected chi connectivity index (χ1v) is 7.04. The lowest BCUT2D eigenvalue weighted by atomic mass is 10.1. The van der Waals surface area contributed by atoms with Crippen molar-refractivity contribution in [2.24, 2.45) is 0 Å². The summed E-state index contributed by atoms with van der Waals surface area (Å²) in [6, 6.07) is 4.37. The molecule has 7 heteroatoms. The van der Waals surface area contributed by atoms with Gasteiger partial charge in [0.2, 0.25) is 0 Å². The number of ether oxygens (including phenoxy) is 1. The molecular weight excluding hydrogens is 328 g/mol. The van der Waals surface area contributed by atoms with Gasteiger partial charge in [-0.2, -0.15) is 0 Å². The van der Waals surface area contributed by atoms with Crippen molar-refractivity contribution in [3.05, 3.63) is 28.2 Å². The average molecular weight is 343 g/mol. The Bertz CT molecular complexity index is 515. The molecule has 20 heavy (non-hydrogen) atoms. The molecule has 0 saturated carbocycles. The highest BCUT2D eigenvalue weighted by Gasteiger charge is 2.19. The maximum Gasteiger partial charge on any atom is 0.337 e. The van der Waals surface area contributed by atoms with E-state index in [0.717, 1.165) is 12.8 Å². The van der Waals surface area contributed by atoms with Crippen LogP contribution in [-0.4, -0.2) is 36.4 Å². The predicted octanol–water partition coefficient (Wildman–Crippen LogP) is 2.45. The molecule has 0 radical (unpaired) electrons. The van der Waals surface area contributed by atoms with Crippen LogP contribution in [0.5, 0.6) is 0 Å². The van der Waals surface area contributed by atoms with Gasteiger partial charge in [-0.3, -0.25) is 0 Å². The van der Waals surface area contributed by atoms with E-state index < -0.39 is 12.0 Å². The number of anilines is 1. The number of para-hydroxylation sites is 1.